The predicted octanol–water partition coefficient (Wildman–Crippen LogP) is 4.67. The molecule has 0 atom stereocenters. The standard InChI is InChI=1S/C21H15ClN6/c22-18-9-14(12-23)4-5-17(18)15-6-8-25-21(10-15)26-13-16-11-20(28-27-16)19-3-1-2-7-24-19/h1-11H,13H2,(H,25,26)(H,27,28). The molecule has 136 valence electrons. The average Bonchev–Trinajstić information content (AvgIpc) is 3.22. The van der Waals surface area contributed by atoms with Gasteiger partial charge in [0.25, 0.3) is 0 Å². The van der Waals surface area contributed by atoms with E-state index < -0.39 is 0 Å². The highest BCUT2D eigenvalue weighted by Gasteiger charge is 2.08. The first-order valence-electron chi connectivity index (χ1n) is 8.58. The molecule has 0 unspecified atom stereocenters. The molecule has 0 fully saturated rings. The van der Waals surface area contributed by atoms with Crippen molar-refractivity contribution in [3.8, 4) is 28.6 Å². The summed E-state index contributed by atoms with van der Waals surface area (Å²) >= 11 is 6.32. The second-order valence-corrected chi connectivity index (χ2v) is 6.49. The van der Waals surface area contributed by atoms with Crippen LogP contribution in [0.25, 0.3) is 22.5 Å². The zero-order valence-corrected chi connectivity index (χ0v) is 15.5. The maximum atomic E-state index is 8.98. The molecule has 0 bridgehead atoms. The van der Waals surface area contributed by atoms with Gasteiger partial charge in [0.05, 0.1) is 29.6 Å². The Balaban J connectivity index is 1.49. The molecule has 3 aromatic heterocycles. The van der Waals surface area contributed by atoms with E-state index in [4.69, 9.17) is 16.9 Å². The third-order valence-electron chi connectivity index (χ3n) is 4.19. The lowest BCUT2D eigenvalue weighted by Crippen LogP contribution is -2.01. The van der Waals surface area contributed by atoms with E-state index in [0.29, 0.717) is 22.9 Å². The maximum absolute atomic E-state index is 8.98. The van der Waals surface area contributed by atoms with E-state index in [1.165, 1.54) is 0 Å². The Bertz CT molecular complexity index is 1150. The number of pyridine rings is 2. The van der Waals surface area contributed by atoms with Crippen LogP contribution in [-0.4, -0.2) is 20.2 Å². The molecule has 0 spiro atoms. The van der Waals surface area contributed by atoms with Gasteiger partial charge in [0.15, 0.2) is 0 Å². The summed E-state index contributed by atoms with van der Waals surface area (Å²) in [5.41, 5.74) is 4.84. The summed E-state index contributed by atoms with van der Waals surface area (Å²) in [4.78, 5) is 8.65. The van der Waals surface area contributed by atoms with Crippen molar-refractivity contribution in [1.82, 2.24) is 20.2 Å². The van der Waals surface area contributed by atoms with Crippen LogP contribution in [0.15, 0.2) is 67.0 Å². The fraction of sp³-hybridized carbons (Fsp3) is 0.0476. The van der Waals surface area contributed by atoms with Gasteiger partial charge in [0.1, 0.15) is 11.5 Å². The SMILES string of the molecule is N#Cc1ccc(-c2ccnc(NCc3cc(-c4ccccn4)n[nH]3)c2)c(Cl)c1. The van der Waals surface area contributed by atoms with E-state index in [1.54, 1.807) is 24.5 Å². The zero-order chi connectivity index (χ0) is 19.3. The van der Waals surface area contributed by atoms with Gasteiger partial charge < -0.3 is 5.32 Å². The normalized spacial score (nSPS) is 10.4. The summed E-state index contributed by atoms with van der Waals surface area (Å²) in [6.07, 6.45) is 3.46. The van der Waals surface area contributed by atoms with Crippen molar-refractivity contribution < 1.29 is 0 Å². The molecule has 4 rings (SSSR count). The summed E-state index contributed by atoms with van der Waals surface area (Å²) in [6, 6.07) is 18.8. The average molecular weight is 387 g/mol. The Morgan fingerprint density at radius 1 is 1.00 bits per heavy atom. The van der Waals surface area contributed by atoms with E-state index in [9.17, 15) is 0 Å². The second-order valence-electron chi connectivity index (χ2n) is 6.08. The molecule has 0 saturated carbocycles. The summed E-state index contributed by atoms with van der Waals surface area (Å²) < 4.78 is 0. The molecule has 0 aliphatic heterocycles. The first kappa shape index (κ1) is 17.7. The van der Waals surface area contributed by atoms with Crippen LogP contribution in [0, 0.1) is 11.3 Å². The summed E-state index contributed by atoms with van der Waals surface area (Å²) in [5.74, 6) is 0.715. The minimum absolute atomic E-state index is 0.532. The summed E-state index contributed by atoms with van der Waals surface area (Å²) in [7, 11) is 0. The van der Waals surface area contributed by atoms with Gasteiger partial charge >= 0.3 is 0 Å². The Labute approximate surface area is 166 Å². The third kappa shape index (κ3) is 3.85. The molecule has 0 saturated heterocycles. The van der Waals surface area contributed by atoms with Crippen molar-refractivity contribution in [1.29, 1.82) is 5.26 Å². The van der Waals surface area contributed by atoms with E-state index >= 15 is 0 Å². The molecule has 4 aromatic rings. The first-order chi connectivity index (χ1) is 13.7. The molecule has 6 nitrogen and oxygen atoms in total. The highest BCUT2D eigenvalue weighted by molar-refractivity contribution is 6.33. The van der Waals surface area contributed by atoms with Crippen molar-refractivity contribution in [2.24, 2.45) is 0 Å². The number of rotatable bonds is 5. The molecule has 1 aromatic carbocycles. The molecule has 0 radical (unpaired) electrons. The van der Waals surface area contributed by atoms with Crippen LogP contribution in [0.1, 0.15) is 11.3 Å². The third-order valence-corrected chi connectivity index (χ3v) is 4.50. The number of aromatic amines is 1. The van der Waals surface area contributed by atoms with Crippen molar-refractivity contribution in [3.63, 3.8) is 0 Å². The lowest BCUT2D eigenvalue weighted by molar-refractivity contribution is 0.975. The van der Waals surface area contributed by atoms with Crippen molar-refractivity contribution in [2.45, 2.75) is 6.54 Å². The quantitative estimate of drug-likeness (QED) is 0.520. The molecular formula is C21H15ClN6. The fourth-order valence-electron chi connectivity index (χ4n) is 2.80. The number of aromatic nitrogens is 4. The number of nitriles is 1. The molecule has 0 aliphatic rings. The Morgan fingerprint density at radius 3 is 2.71 bits per heavy atom. The van der Waals surface area contributed by atoms with Gasteiger partial charge in [-0.1, -0.05) is 23.7 Å². The van der Waals surface area contributed by atoms with Gasteiger partial charge in [-0.15, -0.1) is 0 Å². The Morgan fingerprint density at radius 2 is 1.93 bits per heavy atom. The number of halogens is 1. The van der Waals surface area contributed by atoms with Crippen LogP contribution in [0.5, 0.6) is 0 Å². The van der Waals surface area contributed by atoms with Crippen LogP contribution in [0.2, 0.25) is 5.02 Å². The largest absolute Gasteiger partial charge is 0.364 e. The first-order valence-corrected chi connectivity index (χ1v) is 8.96. The molecule has 2 N–H and O–H groups in total. The van der Waals surface area contributed by atoms with Crippen LogP contribution in [0.3, 0.4) is 0 Å². The van der Waals surface area contributed by atoms with Gasteiger partial charge in [-0.2, -0.15) is 10.4 Å². The highest BCUT2D eigenvalue weighted by Crippen LogP contribution is 2.29. The minimum Gasteiger partial charge on any atom is -0.364 e. The number of anilines is 1. The van der Waals surface area contributed by atoms with Gasteiger partial charge in [0.2, 0.25) is 0 Å². The second kappa shape index (κ2) is 7.91. The number of nitrogens with one attached hydrogen (secondary N) is 2. The summed E-state index contributed by atoms with van der Waals surface area (Å²) in [6.45, 7) is 0.539. The smallest absolute Gasteiger partial charge is 0.126 e. The molecule has 7 heteroatoms. The lowest BCUT2D eigenvalue weighted by Gasteiger charge is -2.08. The van der Waals surface area contributed by atoms with Gasteiger partial charge in [-0.3, -0.25) is 10.1 Å². The Hall–Kier alpha value is -3.69. The molecular weight excluding hydrogens is 372 g/mol. The van der Waals surface area contributed by atoms with E-state index in [2.05, 4.69) is 31.6 Å². The molecule has 28 heavy (non-hydrogen) atoms. The molecule has 3 heterocycles. The van der Waals surface area contributed by atoms with Crippen molar-refractivity contribution in [3.05, 3.63) is 83.3 Å². The number of nitrogens with zero attached hydrogens (tertiary/aromatic N) is 4. The minimum atomic E-state index is 0.532. The molecule has 0 amide bonds. The van der Waals surface area contributed by atoms with Crippen LogP contribution in [-0.2, 0) is 6.54 Å². The van der Waals surface area contributed by atoms with Crippen molar-refractivity contribution >= 4 is 17.4 Å². The number of H-pyrrole nitrogens is 1. The zero-order valence-electron chi connectivity index (χ0n) is 14.7. The highest BCUT2D eigenvalue weighted by atomic mass is 35.5. The predicted molar refractivity (Wildman–Crippen MR) is 109 cm³/mol. The van der Waals surface area contributed by atoms with Gasteiger partial charge in [0, 0.05) is 23.0 Å². The number of hydrogen-bond donors (Lipinski definition) is 2. The van der Waals surface area contributed by atoms with Crippen LogP contribution < -0.4 is 5.32 Å². The lowest BCUT2D eigenvalue weighted by atomic mass is 10.1. The number of benzene rings is 1. The topological polar surface area (TPSA) is 90.3 Å². The van der Waals surface area contributed by atoms with E-state index in [1.807, 2.05) is 42.5 Å². The summed E-state index contributed by atoms with van der Waals surface area (Å²) in [5, 5.41) is 20.1. The van der Waals surface area contributed by atoms with Crippen LogP contribution in [0.4, 0.5) is 5.82 Å². The Kier molecular flexibility index (Phi) is 5.00. The van der Waals surface area contributed by atoms with Gasteiger partial charge in [-0.25, -0.2) is 4.98 Å². The van der Waals surface area contributed by atoms with Crippen LogP contribution >= 0.6 is 11.6 Å². The molecule has 0 aliphatic carbocycles. The maximum Gasteiger partial charge on any atom is 0.126 e. The van der Waals surface area contributed by atoms with E-state index in [-0.39, 0.29) is 0 Å². The fourth-order valence-corrected chi connectivity index (χ4v) is 3.09. The van der Waals surface area contributed by atoms with Crippen molar-refractivity contribution in [2.75, 3.05) is 5.32 Å². The van der Waals surface area contributed by atoms with Gasteiger partial charge in [-0.05, 0) is 48.0 Å². The van der Waals surface area contributed by atoms with E-state index in [0.717, 1.165) is 28.2 Å². The monoisotopic (exact) mass is 386 g/mol. The number of hydrogen-bond acceptors (Lipinski definition) is 5.